The van der Waals surface area contributed by atoms with E-state index in [9.17, 15) is 18.0 Å². The van der Waals surface area contributed by atoms with E-state index in [4.69, 9.17) is 5.11 Å². The summed E-state index contributed by atoms with van der Waals surface area (Å²) in [5.74, 6) is -0.511. The third-order valence-corrected chi connectivity index (χ3v) is 1.83. The van der Waals surface area contributed by atoms with Crippen LogP contribution in [0.5, 0.6) is 0 Å². The number of carbonyl (C=O) groups excluding carboxylic acids is 1. The van der Waals surface area contributed by atoms with Crippen LogP contribution in [0.3, 0.4) is 0 Å². The molecule has 0 saturated carbocycles. The van der Waals surface area contributed by atoms with Crippen LogP contribution in [0.1, 0.15) is 12.6 Å². The lowest BCUT2D eigenvalue weighted by Gasteiger charge is -2.07. The van der Waals surface area contributed by atoms with Crippen molar-refractivity contribution in [2.75, 3.05) is 6.54 Å². The predicted molar refractivity (Wildman–Crippen MR) is 51.9 cm³/mol. The number of hydrogen-bond donors (Lipinski definition) is 2. The molecule has 0 spiro atoms. The van der Waals surface area contributed by atoms with Gasteiger partial charge in [-0.1, -0.05) is 0 Å². The second-order valence-corrected chi connectivity index (χ2v) is 3.55. The van der Waals surface area contributed by atoms with Gasteiger partial charge in [0.2, 0.25) is 5.91 Å². The maximum atomic E-state index is 12.2. The summed E-state index contributed by atoms with van der Waals surface area (Å²) >= 11 is 0. The number of halogens is 3. The van der Waals surface area contributed by atoms with E-state index in [1.54, 1.807) is 0 Å². The molecule has 1 atom stereocenters. The number of rotatable bonds is 4. The van der Waals surface area contributed by atoms with Crippen molar-refractivity contribution in [1.29, 1.82) is 0 Å². The molecule has 8 heteroatoms. The van der Waals surface area contributed by atoms with E-state index < -0.39 is 23.9 Å². The van der Waals surface area contributed by atoms with Gasteiger partial charge in [0, 0.05) is 12.7 Å². The van der Waals surface area contributed by atoms with Gasteiger partial charge in [0.05, 0.1) is 6.10 Å². The minimum Gasteiger partial charge on any atom is -0.392 e. The van der Waals surface area contributed by atoms with Crippen molar-refractivity contribution in [3.8, 4) is 0 Å². The highest BCUT2D eigenvalue weighted by molar-refractivity contribution is 5.75. The molecule has 0 aliphatic heterocycles. The van der Waals surface area contributed by atoms with Gasteiger partial charge in [0.25, 0.3) is 0 Å². The first-order valence-corrected chi connectivity index (χ1v) is 4.84. The normalized spacial score (nSPS) is 13.5. The summed E-state index contributed by atoms with van der Waals surface area (Å²) in [6.07, 6.45) is -4.14. The Balaban J connectivity index is 2.52. The van der Waals surface area contributed by atoms with Gasteiger partial charge >= 0.3 is 6.18 Å². The van der Waals surface area contributed by atoms with Crippen LogP contribution < -0.4 is 5.32 Å². The number of alkyl halides is 3. The molecule has 5 nitrogen and oxygen atoms in total. The molecule has 1 aromatic heterocycles. The summed E-state index contributed by atoms with van der Waals surface area (Å²) in [5, 5.41) is 14.5. The average molecular weight is 251 g/mol. The zero-order chi connectivity index (χ0) is 13.1. The highest BCUT2D eigenvalue weighted by Gasteiger charge is 2.33. The zero-order valence-corrected chi connectivity index (χ0v) is 9.03. The monoisotopic (exact) mass is 251 g/mol. The maximum absolute atomic E-state index is 12.2. The number of carbonyl (C=O) groups is 1. The highest BCUT2D eigenvalue weighted by Crippen LogP contribution is 2.27. The molecule has 2 N–H and O–H groups in total. The fraction of sp³-hybridized carbons (Fsp3) is 0.556. The molecular formula is C9H12F3N3O2. The molecule has 0 fully saturated rings. The second kappa shape index (κ2) is 5.17. The quantitative estimate of drug-likeness (QED) is 0.814. The molecule has 96 valence electrons. The van der Waals surface area contributed by atoms with Crippen LogP contribution >= 0.6 is 0 Å². The van der Waals surface area contributed by atoms with E-state index in [0.717, 1.165) is 16.9 Å². The molecule has 0 bridgehead atoms. The van der Waals surface area contributed by atoms with Crippen LogP contribution in [-0.2, 0) is 17.5 Å². The Bertz CT molecular complexity index is 387. The first kappa shape index (κ1) is 13.5. The number of aliphatic hydroxyl groups is 1. The van der Waals surface area contributed by atoms with Crippen LogP contribution in [0.2, 0.25) is 0 Å². The zero-order valence-electron chi connectivity index (χ0n) is 9.03. The van der Waals surface area contributed by atoms with Crippen LogP contribution in [0.15, 0.2) is 12.3 Å². The standard InChI is InChI=1S/C9H12F3N3O2/c1-6(16)4-13-8(17)5-15-3-2-7(14-15)9(10,11)12/h2-3,6,16H,4-5H2,1H3,(H,13,17). The summed E-state index contributed by atoms with van der Waals surface area (Å²) in [6, 6.07) is 0.794. The first-order valence-electron chi connectivity index (χ1n) is 4.84. The lowest BCUT2D eigenvalue weighted by atomic mass is 10.4. The molecule has 0 aromatic carbocycles. The fourth-order valence-corrected chi connectivity index (χ4v) is 1.07. The molecular weight excluding hydrogens is 239 g/mol. The van der Waals surface area contributed by atoms with Crippen molar-refractivity contribution in [2.24, 2.45) is 0 Å². The van der Waals surface area contributed by atoms with E-state index in [2.05, 4.69) is 10.4 Å². The van der Waals surface area contributed by atoms with E-state index in [-0.39, 0.29) is 13.1 Å². The summed E-state index contributed by atoms with van der Waals surface area (Å²) in [7, 11) is 0. The number of nitrogens with one attached hydrogen (secondary N) is 1. The molecule has 17 heavy (non-hydrogen) atoms. The van der Waals surface area contributed by atoms with Gasteiger partial charge in [-0.3, -0.25) is 9.48 Å². The van der Waals surface area contributed by atoms with Crippen molar-refractivity contribution >= 4 is 5.91 Å². The smallest absolute Gasteiger partial charge is 0.392 e. The van der Waals surface area contributed by atoms with E-state index >= 15 is 0 Å². The molecule has 1 heterocycles. The molecule has 0 saturated heterocycles. The average Bonchev–Trinajstić information content (AvgIpc) is 2.62. The molecule has 0 aliphatic rings. The van der Waals surface area contributed by atoms with Gasteiger partial charge in [-0.25, -0.2) is 0 Å². The Morgan fingerprint density at radius 2 is 2.29 bits per heavy atom. The van der Waals surface area contributed by atoms with Crippen LogP contribution in [0.25, 0.3) is 0 Å². The second-order valence-electron chi connectivity index (χ2n) is 3.55. The van der Waals surface area contributed by atoms with Crippen LogP contribution in [-0.4, -0.2) is 33.4 Å². The van der Waals surface area contributed by atoms with Gasteiger partial charge in [0.1, 0.15) is 6.54 Å². The number of hydrogen-bond acceptors (Lipinski definition) is 3. The van der Waals surface area contributed by atoms with E-state index in [0.29, 0.717) is 0 Å². The SMILES string of the molecule is CC(O)CNC(=O)Cn1ccc(C(F)(F)F)n1. The third-order valence-electron chi connectivity index (χ3n) is 1.83. The topological polar surface area (TPSA) is 67.2 Å². The van der Waals surface area contributed by atoms with E-state index in [1.165, 1.54) is 6.92 Å². The lowest BCUT2D eigenvalue weighted by molar-refractivity contribution is -0.141. The lowest BCUT2D eigenvalue weighted by Crippen LogP contribution is -2.33. The number of aromatic nitrogens is 2. The molecule has 1 unspecified atom stereocenters. The Kier molecular flexibility index (Phi) is 4.11. The Labute approximate surface area is 95.2 Å². The maximum Gasteiger partial charge on any atom is 0.435 e. The Morgan fingerprint density at radius 3 is 2.76 bits per heavy atom. The number of amides is 1. The van der Waals surface area contributed by atoms with Gasteiger partial charge < -0.3 is 10.4 Å². The van der Waals surface area contributed by atoms with Crippen LogP contribution in [0.4, 0.5) is 13.2 Å². The molecule has 0 aliphatic carbocycles. The minimum atomic E-state index is -4.51. The van der Waals surface area contributed by atoms with Crippen molar-refractivity contribution in [1.82, 2.24) is 15.1 Å². The molecule has 0 radical (unpaired) electrons. The molecule has 1 aromatic rings. The van der Waals surface area contributed by atoms with Crippen molar-refractivity contribution in [3.63, 3.8) is 0 Å². The van der Waals surface area contributed by atoms with Gasteiger partial charge in [0.15, 0.2) is 5.69 Å². The van der Waals surface area contributed by atoms with Gasteiger partial charge in [-0.2, -0.15) is 18.3 Å². The predicted octanol–water partition coefficient (Wildman–Crippen LogP) is 0.399. The largest absolute Gasteiger partial charge is 0.435 e. The van der Waals surface area contributed by atoms with E-state index in [1.807, 2.05) is 0 Å². The van der Waals surface area contributed by atoms with Gasteiger partial charge in [-0.05, 0) is 13.0 Å². The van der Waals surface area contributed by atoms with Crippen molar-refractivity contribution in [2.45, 2.75) is 25.7 Å². The van der Waals surface area contributed by atoms with Crippen molar-refractivity contribution in [3.05, 3.63) is 18.0 Å². The summed E-state index contributed by atoms with van der Waals surface area (Å²) in [4.78, 5) is 11.2. The van der Waals surface area contributed by atoms with Gasteiger partial charge in [-0.15, -0.1) is 0 Å². The summed E-state index contributed by atoms with van der Waals surface area (Å²) in [5.41, 5.74) is -1.04. The van der Waals surface area contributed by atoms with Crippen molar-refractivity contribution < 1.29 is 23.1 Å². The summed E-state index contributed by atoms with van der Waals surface area (Å²) in [6.45, 7) is 1.21. The Morgan fingerprint density at radius 1 is 1.65 bits per heavy atom. The Hall–Kier alpha value is -1.57. The minimum absolute atomic E-state index is 0.0478. The number of nitrogens with zero attached hydrogens (tertiary/aromatic N) is 2. The van der Waals surface area contributed by atoms with Crippen LogP contribution in [0, 0.1) is 0 Å². The first-order chi connectivity index (χ1) is 7.79. The third kappa shape index (κ3) is 4.43. The molecule has 1 amide bonds. The summed E-state index contributed by atoms with van der Waals surface area (Å²) < 4.78 is 37.4. The molecule has 1 rings (SSSR count). The fourth-order valence-electron chi connectivity index (χ4n) is 1.07. The highest BCUT2D eigenvalue weighted by atomic mass is 19.4. The number of aliphatic hydroxyl groups excluding tert-OH is 1.